The van der Waals surface area contributed by atoms with Crippen molar-refractivity contribution in [2.45, 2.75) is 39.7 Å². The number of amides is 1. The highest BCUT2D eigenvalue weighted by molar-refractivity contribution is 6.11. The number of rotatable bonds is 5. The van der Waals surface area contributed by atoms with Crippen LogP contribution in [0.1, 0.15) is 43.1 Å². The van der Waals surface area contributed by atoms with Crippen LogP contribution in [0.3, 0.4) is 0 Å². The van der Waals surface area contributed by atoms with Gasteiger partial charge in [-0.3, -0.25) is 9.36 Å². The van der Waals surface area contributed by atoms with Crippen LogP contribution in [0.15, 0.2) is 48.5 Å². The van der Waals surface area contributed by atoms with Gasteiger partial charge in [0.15, 0.2) is 5.65 Å². The summed E-state index contributed by atoms with van der Waals surface area (Å²) in [5.74, 6) is 0.121. The van der Waals surface area contributed by atoms with E-state index in [0.29, 0.717) is 22.5 Å². The van der Waals surface area contributed by atoms with Crippen LogP contribution in [0.4, 0.5) is 5.82 Å². The van der Waals surface area contributed by atoms with Gasteiger partial charge in [0.2, 0.25) is 0 Å². The Hall–Kier alpha value is -3.41. The number of aromatic nitrogens is 3. The number of carbonyl (C=O) groups is 1. The first-order valence-electron chi connectivity index (χ1n) is 10.00. The third-order valence-corrected chi connectivity index (χ3v) is 5.32. The zero-order valence-electron chi connectivity index (χ0n) is 16.9. The molecular weight excluding hydrogens is 362 g/mol. The first kappa shape index (κ1) is 18.9. The van der Waals surface area contributed by atoms with Crippen LogP contribution in [0.25, 0.3) is 27.9 Å². The molecule has 0 aliphatic carbocycles. The molecule has 148 valence electrons. The van der Waals surface area contributed by atoms with E-state index in [1.54, 1.807) is 0 Å². The smallest absolute Gasteiger partial charge is 0.257 e. The standard InChI is InChI=1S/C23H25N5O/c1-4-14(3)25-23(29)19-20-22(27-18-9-7-6-8-17(18)26-20)28(21(19)24)16-12-10-15(5-2)11-13-16/h6-14H,4-5,24H2,1-3H3,(H,25,29)/t14-/m0/s1. The van der Waals surface area contributed by atoms with E-state index < -0.39 is 0 Å². The number of nitrogens with one attached hydrogen (secondary N) is 1. The summed E-state index contributed by atoms with van der Waals surface area (Å²) in [6, 6.07) is 15.8. The van der Waals surface area contributed by atoms with Crippen LogP contribution >= 0.6 is 0 Å². The number of fused-ring (bicyclic) bond motifs is 2. The second kappa shape index (κ2) is 7.54. The molecule has 2 heterocycles. The van der Waals surface area contributed by atoms with Crippen LogP contribution in [-0.4, -0.2) is 26.5 Å². The summed E-state index contributed by atoms with van der Waals surface area (Å²) in [4.78, 5) is 22.6. The van der Waals surface area contributed by atoms with Crippen molar-refractivity contribution in [2.24, 2.45) is 0 Å². The van der Waals surface area contributed by atoms with Crippen molar-refractivity contribution in [1.29, 1.82) is 0 Å². The lowest BCUT2D eigenvalue weighted by Gasteiger charge is -2.12. The largest absolute Gasteiger partial charge is 0.384 e. The van der Waals surface area contributed by atoms with Crippen LogP contribution in [0, 0.1) is 0 Å². The van der Waals surface area contributed by atoms with E-state index in [1.165, 1.54) is 5.56 Å². The molecule has 2 aromatic carbocycles. The fourth-order valence-corrected chi connectivity index (χ4v) is 3.43. The summed E-state index contributed by atoms with van der Waals surface area (Å²) in [7, 11) is 0. The van der Waals surface area contributed by atoms with Gasteiger partial charge in [-0.2, -0.15) is 0 Å². The average Bonchev–Trinajstić information content (AvgIpc) is 3.02. The quantitative estimate of drug-likeness (QED) is 0.536. The second-order valence-corrected chi connectivity index (χ2v) is 7.28. The van der Waals surface area contributed by atoms with Crippen molar-refractivity contribution >= 4 is 33.9 Å². The molecule has 0 aliphatic rings. The van der Waals surface area contributed by atoms with E-state index in [1.807, 2.05) is 54.8 Å². The van der Waals surface area contributed by atoms with Crippen molar-refractivity contribution in [3.05, 3.63) is 59.7 Å². The summed E-state index contributed by atoms with van der Waals surface area (Å²) >= 11 is 0. The molecule has 0 saturated carbocycles. The lowest BCUT2D eigenvalue weighted by molar-refractivity contribution is 0.0941. The SMILES string of the molecule is CCc1ccc(-n2c(N)c(C(=O)N[C@@H](C)CC)c3nc4ccccc4nc32)cc1. The van der Waals surface area contributed by atoms with Gasteiger partial charge in [-0.15, -0.1) is 0 Å². The van der Waals surface area contributed by atoms with Crippen LogP contribution in [0.2, 0.25) is 0 Å². The van der Waals surface area contributed by atoms with E-state index in [0.717, 1.165) is 29.6 Å². The molecular formula is C23H25N5O. The Labute approximate surface area is 169 Å². The maximum Gasteiger partial charge on any atom is 0.257 e. The number of nitrogens with zero attached hydrogens (tertiary/aromatic N) is 3. The summed E-state index contributed by atoms with van der Waals surface area (Å²) in [6.45, 7) is 6.11. The highest BCUT2D eigenvalue weighted by Gasteiger charge is 2.25. The monoisotopic (exact) mass is 387 g/mol. The Kier molecular flexibility index (Phi) is 4.92. The molecule has 4 aromatic rings. The average molecular weight is 387 g/mol. The van der Waals surface area contributed by atoms with E-state index in [4.69, 9.17) is 15.7 Å². The zero-order valence-corrected chi connectivity index (χ0v) is 16.9. The third kappa shape index (κ3) is 3.31. The number of nitrogen functional groups attached to an aromatic ring is 1. The Morgan fingerprint density at radius 1 is 1.07 bits per heavy atom. The first-order chi connectivity index (χ1) is 14.0. The van der Waals surface area contributed by atoms with Gasteiger partial charge < -0.3 is 11.1 Å². The van der Waals surface area contributed by atoms with Crippen LogP contribution < -0.4 is 11.1 Å². The predicted octanol–water partition coefficient (Wildman–Crippen LogP) is 4.25. The van der Waals surface area contributed by atoms with Gasteiger partial charge in [0.05, 0.1) is 11.0 Å². The lowest BCUT2D eigenvalue weighted by atomic mass is 10.1. The number of hydrogen-bond donors (Lipinski definition) is 2. The molecule has 0 unspecified atom stereocenters. The summed E-state index contributed by atoms with van der Waals surface area (Å²) in [5, 5.41) is 3.01. The Bertz CT molecular complexity index is 1190. The number of nitrogens with two attached hydrogens (primary N) is 1. The van der Waals surface area contributed by atoms with Crippen molar-refractivity contribution in [1.82, 2.24) is 19.9 Å². The molecule has 4 rings (SSSR count). The molecule has 3 N–H and O–H groups in total. The molecule has 1 atom stereocenters. The molecule has 0 fully saturated rings. The van der Waals surface area contributed by atoms with Gasteiger partial charge in [-0.05, 0) is 49.6 Å². The highest BCUT2D eigenvalue weighted by atomic mass is 16.1. The normalized spacial score (nSPS) is 12.4. The van der Waals surface area contributed by atoms with E-state index in [9.17, 15) is 4.79 Å². The molecule has 6 heteroatoms. The van der Waals surface area contributed by atoms with Crippen LogP contribution in [-0.2, 0) is 6.42 Å². The van der Waals surface area contributed by atoms with Crippen molar-refractivity contribution < 1.29 is 4.79 Å². The molecule has 29 heavy (non-hydrogen) atoms. The maximum atomic E-state index is 13.1. The predicted molar refractivity (Wildman–Crippen MR) is 117 cm³/mol. The van der Waals surface area contributed by atoms with Gasteiger partial charge in [0, 0.05) is 11.7 Å². The Morgan fingerprint density at radius 3 is 2.34 bits per heavy atom. The topological polar surface area (TPSA) is 85.8 Å². The molecule has 6 nitrogen and oxygen atoms in total. The minimum Gasteiger partial charge on any atom is -0.384 e. The minimum absolute atomic E-state index is 0.0394. The Balaban J connectivity index is 1.99. The molecule has 0 aliphatic heterocycles. The van der Waals surface area contributed by atoms with Crippen molar-refractivity contribution in [2.75, 3.05) is 5.73 Å². The highest BCUT2D eigenvalue weighted by Crippen LogP contribution is 2.31. The molecule has 2 aromatic heterocycles. The Morgan fingerprint density at radius 2 is 1.72 bits per heavy atom. The summed E-state index contributed by atoms with van der Waals surface area (Å²) < 4.78 is 1.82. The van der Waals surface area contributed by atoms with E-state index >= 15 is 0 Å². The number of carbonyl (C=O) groups excluding carboxylic acids is 1. The molecule has 0 radical (unpaired) electrons. The number of para-hydroxylation sites is 2. The van der Waals surface area contributed by atoms with Crippen LogP contribution in [0.5, 0.6) is 0 Å². The number of aryl methyl sites for hydroxylation is 1. The first-order valence-corrected chi connectivity index (χ1v) is 10.00. The number of benzene rings is 2. The van der Waals surface area contributed by atoms with Crippen molar-refractivity contribution in [3.8, 4) is 5.69 Å². The van der Waals surface area contributed by atoms with Gasteiger partial charge in [-0.25, -0.2) is 9.97 Å². The van der Waals surface area contributed by atoms with Gasteiger partial charge >= 0.3 is 0 Å². The number of anilines is 1. The van der Waals surface area contributed by atoms with E-state index in [-0.39, 0.29) is 11.9 Å². The molecule has 0 saturated heterocycles. The number of hydrogen-bond acceptors (Lipinski definition) is 4. The third-order valence-electron chi connectivity index (χ3n) is 5.32. The molecule has 0 bridgehead atoms. The second-order valence-electron chi connectivity index (χ2n) is 7.28. The van der Waals surface area contributed by atoms with Gasteiger partial charge in [0.1, 0.15) is 16.9 Å². The van der Waals surface area contributed by atoms with Crippen molar-refractivity contribution in [3.63, 3.8) is 0 Å². The zero-order chi connectivity index (χ0) is 20.5. The molecule has 1 amide bonds. The fraction of sp³-hybridized carbons (Fsp3) is 0.261. The summed E-state index contributed by atoms with van der Waals surface area (Å²) in [5.41, 5.74) is 11.6. The van der Waals surface area contributed by atoms with Gasteiger partial charge in [0.25, 0.3) is 5.91 Å². The van der Waals surface area contributed by atoms with E-state index in [2.05, 4.69) is 24.4 Å². The minimum atomic E-state index is -0.227. The fourth-order valence-electron chi connectivity index (χ4n) is 3.43. The maximum absolute atomic E-state index is 13.1. The van der Waals surface area contributed by atoms with Gasteiger partial charge in [-0.1, -0.05) is 38.1 Å². The summed E-state index contributed by atoms with van der Waals surface area (Å²) in [6.07, 6.45) is 1.78. The lowest BCUT2D eigenvalue weighted by Crippen LogP contribution is -2.32. The molecule has 0 spiro atoms.